The van der Waals surface area contributed by atoms with E-state index in [0.717, 1.165) is 0 Å². The van der Waals surface area contributed by atoms with Gasteiger partial charge in [0.15, 0.2) is 0 Å². The van der Waals surface area contributed by atoms with Gasteiger partial charge in [-0.15, -0.1) is 0 Å². The maximum Gasteiger partial charge on any atom is 0.447 e. The zero-order chi connectivity index (χ0) is 11.1. The van der Waals surface area contributed by atoms with Crippen LogP contribution in [0.1, 0.15) is 0 Å². The normalized spacial score (nSPS) is 12.3. The molecule has 2 heterocycles. The third kappa shape index (κ3) is 2.46. The Labute approximate surface area is 95.6 Å². The molecular weight excluding hydrogens is 293 g/mol. The van der Waals surface area contributed by atoms with Gasteiger partial charge in [-0.3, -0.25) is 4.40 Å². The summed E-state index contributed by atoms with van der Waals surface area (Å²) in [5, 5.41) is 0.0544. The number of halogens is 4. The number of aromatic nitrogens is 2. The molecular formula is C8H4BrF3N2S. The predicted octanol–water partition coefficient (Wildman–Crippen LogP) is 3.71. The topological polar surface area (TPSA) is 17.3 Å². The summed E-state index contributed by atoms with van der Waals surface area (Å²) in [6.07, 6.45) is 2.76. The molecule has 2 rings (SSSR count). The van der Waals surface area contributed by atoms with Crippen molar-refractivity contribution in [2.45, 2.75) is 10.5 Å². The molecule has 2 aromatic rings. The zero-order valence-corrected chi connectivity index (χ0v) is 9.53. The van der Waals surface area contributed by atoms with E-state index in [1.165, 1.54) is 10.6 Å². The van der Waals surface area contributed by atoms with Crippen molar-refractivity contribution in [3.63, 3.8) is 0 Å². The molecule has 0 aliphatic carbocycles. The van der Waals surface area contributed by atoms with Crippen molar-refractivity contribution < 1.29 is 13.2 Å². The Morgan fingerprint density at radius 3 is 2.73 bits per heavy atom. The first-order chi connectivity index (χ1) is 6.96. The summed E-state index contributed by atoms with van der Waals surface area (Å²) in [6.45, 7) is 0. The summed E-state index contributed by atoms with van der Waals surface area (Å²) in [5.41, 5.74) is -3.80. The van der Waals surface area contributed by atoms with Crippen molar-refractivity contribution in [3.8, 4) is 0 Å². The standard InChI is InChI=1S/C8H4BrF3N2S/c9-5-1-2-6-13-3-7(14(6)4-5)15-8(10,11)12/h1-4H. The first-order valence-electron chi connectivity index (χ1n) is 3.84. The summed E-state index contributed by atoms with van der Waals surface area (Å²) in [7, 11) is 0. The molecule has 0 spiro atoms. The van der Waals surface area contributed by atoms with E-state index in [4.69, 9.17) is 0 Å². The highest BCUT2D eigenvalue weighted by molar-refractivity contribution is 9.10. The lowest BCUT2D eigenvalue weighted by molar-refractivity contribution is -0.0329. The lowest BCUT2D eigenvalue weighted by atomic mass is 10.5. The van der Waals surface area contributed by atoms with E-state index in [0.29, 0.717) is 10.1 Å². The van der Waals surface area contributed by atoms with Crippen molar-refractivity contribution in [1.82, 2.24) is 9.38 Å². The Balaban J connectivity index is 2.48. The summed E-state index contributed by atoms with van der Waals surface area (Å²) < 4.78 is 38.6. The molecule has 0 bridgehead atoms. The van der Waals surface area contributed by atoms with Gasteiger partial charge in [-0.1, -0.05) is 0 Å². The average Bonchev–Trinajstić information content (AvgIpc) is 2.46. The molecule has 0 aromatic carbocycles. The maximum absolute atomic E-state index is 12.2. The third-order valence-corrected chi connectivity index (χ3v) is 2.87. The van der Waals surface area contributed by atoms with Gasteiger partial charge in [0.1, 0.15) is 10.7 Å². The van der Waals surface area contributed by atoms with Gasteiger partial charge in [0.05, 0.1) is 6.20 Å². The SMILES string of the molecule is FC(F)(F)Sc1cnc2ccc(Br)cn12. The van der Waals surface area contributed by atoms with E-state index >= 15 is 0 Å². The Bertz CT molecular complexity index is 494. The lowest BCUT2D eigenvalue weighted by Gasteiger charge is -2.04. The number of hydrogen-bond donors (Lipinski definition) is 0. The second-order valence-corrected chi connectivity index (χ2v) is 4.72. The minimum atomic E-state index is -4.29. The number of thioether (sulfide) groups is 1. The molecule has 0 N–H and O–H groups in total. The number of fused-ring (bicyclic) bond motifs is 1. The fraction of sp³-hybridized carbons (Fsp3) is 0.125. The molecule has 0 radical (unpaired) electrons. The molecule has 2 nitrogen and oxygen atoms in total. The zero-order valence-electron chi connectivity index (χ0n) is 7.12. The van der Waals surface area contributed by atoms with E-state index in [1.54, 1.807) is 18.3 Å². The molecule has 0 saturated carbocycles. The van der Waals surface area contributed by atoms with Gasteiger partial charge in [-0.25, -0.2) is 4.98 Å². The van der Waals surface area contributed by atoms with Crippen LogP contribution in [0, 0.1) is 0 Å². The number of rotatable bonds is 1. The van der Waals surface area contributed by atoms with Gasteiger partial charge in [0, 0.05) is 22.4 Å². The van der Waals surface area contributed by atoms with E-state index in [2.05, 4.69) is 20.9 Å². The number of imidazole rings is 1. The van der Waals surface area contributed by atoms with Crippen LogP contribution < -0.4 is 0 Å². The summed E-state index contributed by atoms with van der Waals surface area (Å²) in [5.74, 6) is 0. The largest absolute Gasteiger partial charge is 0.447 e. The van der Waals surface area contributed by atoms with Gasteiger partial charge in [0.2, 0.25) is 0 Å². The Morgan fingerprint density at radius 2 is 2.07 bits per heavy atom. The highest BCUT2D eigenvalue weighted by Gasteiger charge is 2.30. The quantitative estimate of drug-likeness (QED) is 0.747. The smallest absolute Gasteiger partial charge is 0.293 e. The van der Waals surface area contributed by atoms with E-state index in [1.807, 2.05) is 0 Å². The minimum absolute atomic E-state index is 0.0544. The molecule has 2 aromatic heterocycles. The van der Waals surface area contributed by atoms with Crippen LogP contribution in [0.5, 0.6) is 0 Å². The molecule has 0 fully saturated rings. The summed E-state index contributed by atoms with van der Waals surface area (Å²) in [6, 6.07) is 3.37. The summed E-state index contributed by atoms with van der Waals surface area (Å²) in [4.78, 5) is 3.87. The van der Waals surface area contributed by atoms with Crippen LogP contribution in [0.25, 0.3) is 5.65 Å². The number of hydrogen-bond acceptors (Lipinski definition) is 2. The van der Waals surface area contributed by atoms with E-state index in [-0.39, 0.29) is 16.8 Å². The van der Waals surface area contributed by atoms with Crippen LogP contribution >= 0.6 is 27.7 Å². The Kier molecular flexibility index (Phi) is 2.68. The molecule has 15 heavy (non-hydrogen) atoms. The first kappa shape index (κ1) is 10.8. The predicted molar refractivity (Wildman–Crippen MR) is 54.8 cm³/mol. The van der Waals surface area contributed by atoms with Crippen LogP contribution in [0.3, 0.4) is 0 Å². The first-order valence-corrected chi connectivity index (χ1v) is 5.45. The van der Waals surface area contributed by atoms with E-state index in [9.17, 15) is 13.2 Å². The molecule has 7 heteroatoms. The van der Waals surface area contributed by atoms with Crippen molar-refractivity contribution in [2.24, 2.45) is 0 Å². The molecule has 0 atom stereocenters. The van der Waals surface area contributed by atoms with E-state index < -0.39 is 5.51 Å². The molecule has 80 valence electrons. The maximum atomic E-state index is 12.2. The van der Waals surface area contributed by atoms with Crippen molar-refractivity contribution in [2.75, 3.05) is 0 Å². The second kappa shape index (κ2) is 3.71. The van der Waals surface area contributed by atoms with Crippen LogP contribution in [0.4, 0.5) is 13.2 Å². The Morgan fingerprint density at radius 1 is 1.33 bits per heavy atom. The van der Waals surface area contributed by atoms with Crippen LogP contribution in [-0.2, 0) is 0 Å². The van der Waals surface area contributed by atoms with Crippen LogP contribution in [-0.4, -0.2) is 14.9 Å². The highest BCUT2D eigenvalue weighted by atomic mass is 79.9. The monoisotopic (exact) mass is 296 g/mol. The van der Waals surface area contributed by atoms with Gasteiger partial charge in [-0.2, -0.15) is 13.2 Å². The number of nitrogens with zero attached hydrogens (tertiary/aromatic N) is 2. The molecule has 0 aliphatic rings. The molecule has 0 saturated heterocycles. The number of pyridine rings is 1. The fourth-order valence-electron chi connectivity index (χ4n) is 1.13. The van der Waals surface area contributed by atoms with Gasteiger partial charge in [-0.05, 0) is 28.1 Å². The Hall–Kier alpha value is -0.690. The lowest BCUT2D eigenvalue weighted by Crippen LogP contribution is -2.00. The van der Waals surface area contributed by atoms with Crippen molar-refractivity contribution in [3.05, 3.63) is 29.0 Å². The van der Waals surface area contributed by atoms with Gasteiger partial charge < -0.3 is 0 Å². The minimum Gasteiger partial charge on any atom is -0.293 e. The summed E-state index contributed by atoms with van der Waals surface area (Å²) >= 11 is 3.02. The molecule has 0 unspecified atom stereocenters. The third-order valence-electron chi connectivity index (χ3n) is 1.66. The van der Waals surface area contributed by atoms with Crippen LogP contribution in [0.15, 0.2) is 34.0 Å². The van der Waals surface area contributed by atoms with Gasteiger partial charge in [0.25, 0.3) is 0 Å². The second-order valence-electron chi connectivity index (χ2n) is 2.72. The molecule has 0 amide bonds. The van der Waals surface area contributed by atoms with Crippen LogP contribution in [0.2, 0.25) is 0 Å². The number of alkyl halides is 3. The average molecular weight is 297 g/mol. The highest BCUT2D eigenvalue weighted by Crippen LogP contribution is 2.37. The van der Waals surface area contributed by atoms with Crippen molar-refractivity contribution >= 4 is 33.3 Å². The fourth-order valence-corrected chi connectivity index (χ4v) is 2.05. The van der Waals surface area contributed by atoms with Gasteiger partial charge >= 0.3 is 5.51 Å². The van der Waals surface area contributed by atoms with Crippen molar-refractivity contribution in [1.29, 1.82) is 0 Å². The molecule has 0 aliphatic heterocycles.